The predicted molar refractivity (Wildman–Crippen MR) is 143 cm³/mol. The first-order valence-corrected chi connectivity index (χ1v) is 13.0. The smallest absolute Gasteiger partial charge is 0.243 e. The number of aliphatic hydroxyl groups is 1. The first-order chi connectivity index (χ1) is 18.4. The summed E-state index contributed by atoms with van der Waals surface area (Å²) in [6.45, 7) is 5.73. The molecule has 1 aliphatic heterocycles. The number of likely N-dealkylation sites (N-methyl/N-ethyl adjacent to an activating group) is 1. The van der Waals surface area contributed by atoms with E-state index in [1.807, 2.05) is 61.7 Å². The highest BCUT2D eigenvalue weighted by atomic mass is 16.7. The van der Waals surface area contributed by atoms with Gasteiger partial charge in [0.25, 0.3) is 0 Å². The molecule has 2 aromatic carbocycles. The van der Waals surface area contributed by atoms with Crippen molar-refractivity contribution in [1.82, 2.24) is 15.7 Å². The number of nitrogens with zero attached hydrogens (tertiary/aromatic N) is 1. The van der Waals surface area contributed by atoms with Gasteiger partial charge in [-0.25, -0.2) is 5.48 Å². The number of aliphatic hydroxyl groups excluding tert-OH is 1. The fourth-order valence-corrected chi connectivity index (χ4v) is 4.38. The van der Waals surface area contributed by atoms with Crippen LogP contribution in [0.1, 0.15) is 66.8 Å². The molecule has 1 heterocycles. The van der Waals surface area contributed by atoms with Gasteiger partial charge >= 0.3 is 0 Å². The molecule has 2 aromatic rings. The van der Waals surface area contributed by atoms with Crippen molar-refractivity contribution in [3.05, 3.63) is 83.4 Å². The molecule has 0 saturated carbocycles. The van der Waals surface area contributed by atoms with E-state index >= 15 is 0 Å². The van der Waals surface area contributed by atoms with Gasteiger partial charge in [0, 0.05) is 44.5 Å². The molecule has 206 valence electrons. The normalized spacial score (nSPS) is 19.2. The van der Waals surface area contributed by atoms with Gasteiger partial charge in [-0.3, -0.25) is 14.8 Å². The van der Waals surface area contributed by atoms with Gasteiger partial charge in [-0.1, -0.05) is 54.6 Å². The second kappa shape index (κ2) is 15.4. The Bertz CT molecular complexity index is 1030. The number of carbonyl (C=O) groups excluding carboxylic acids is 2. The quantitative estimate of drug-likeness (QED) is 0.129. The Morgan fingerprint density at radius 1 is 1.00 bits per heavy atom. The van der Waals surface area contributed by atoms with Crippen LogP contribution in [0, 0.1) is 0 Å². The number of nitrogens with one attached hydrogen (secondary N) is 2. The number of unbranched alkanes of at least 4 members (excludes halogenated alkanes) is 1. The Labute approximate surface area is 224 Å². The molecule has 9 nitrogen and oxygen atoms in total. The number of hydrogen-bond acceptors (Lipinski definition) is 7. The molecule has 3 unspecified atom stereocenters. The summed E-state index contributed by atoms with van der Waals surface area (Å²) < 4.78 is 12.7. The van der Waals surface area contributed by atoms with Crippen LogP contribution < -0.4 is 10.8 Å². The Morgan fingerprint density at radius 3 is 2.26 bits per heavy atom. The van der Waals surface area contributed by atoms with E-state index in [4.69, 9.17) is 14.7 Å². The fourth-order valence-electron chi connectivity index (χ4n) is 4.38. The molecule has 9 heteroatoms. The number of carbonyl (C=O) groups is 2. The van der Waals surface area contributed by atoms with E-state index in [1.165, 1.54) is 0 Å². The van der Waals surface area contributed by atoms with Gasteiger partial charge in [0.2, 0.25) is 11.8 Å². The lowest BCUT2D eigenvalue weighted by Crippen LogP contribution is -2.37. The van der Waals surface area contributed by atoms with Gasteiger partial charge in [-0.15, -0.1) is 6.58 Å². The first kappa shape index (κ1) is 29.5. The minimum Gasteiger partial charge on any atom is -0.392 e. The van der Waals surface area contributed by atoms with Gasteiger partial charge in [-0.2, -0.15) is 0 Å². The van der Waals surface area contributed by atoms with Crippen molar-refractivity contribution >= 4 is 11.8 Å². The number of rotatable bonds is 14. The van der Waals surface area contributed by atoms with Crippen LogP contribution in [0.2, 0.25) is 0 Å². The summed E-state index contributed by atoms with van der Waals surface area (Å²) in [5.74, 6) is -0.531. The second-order valence-electron chi connectivity index (χ2n) is 9.62. The molecule has 2 amide bonds. The van der Waals surface area contributed by atoms with Crippen molar-refractivity contribution in [1.29, 1.82) is 0 Å². The van der Waals surface area contributed by atoms with Crippen molar-refractivity contribution in [2.24, 2.45) is 0 Å². The van der Waals surface area contributed by atoms with Gasteiger partial charge < -0.3 is 24.8 Å². The van der Waals surface area contributed by atoms with Crippen molar-refractivity contribution in [2.45, 2.75) is 63.8 Å². The molecule has 3 rings (SSSR count). The summed E-state index contributed by atoms with van der Waals surface area (Å²) >= 11 is 0. The Kier molecular flexibility index (Phi) is 11.9. The molecule has 0 bridgehead atoms. The molecule has 4 N–H and O–H groups in total. The molecule has 1 fully saturated rings. The molecule has 0 spiro atoms. The van der Waals surface area contributed by atoms with Crippen LogP contribution in [0.4, 0.5) is 0 Å². The molecule has 38 heavy (non-hydrogen) atoms. The molecule has 0 aliphatic carbocycles. The Balaban J connectivity index is 1.59. The van der Waals surface area contributed by atoms with Crippen LogP contribution in [-0.4, -0.2) is 53.3 Å². The van der Waals surface area contributed by atoms with Crippen LogP contribution in [0.15, 0.2) is 61.2 Å². The summed E-state index contributed by atoms with van der Waals surface area (Å²) in [7, 11) is 2.04. The van der Waals surface area contributed by atoms with E-state index in [1.54, 1.807) is 5.48 Å². The third kappa shape index (κ3) is 9.34. The van der Waals surface area contributed by atoms with Crippen molar-refractivity contribution in [3.8, 4) is 0 Å². The van der Waals surface area contributed by atoms with E-state index in [0.29, 0.717) is 32.2 Å². The average Bonchev–Trinajstić information content (AvgIpc) is 2.94. The number of ether oxygens (including phenoxy) is 2. The number of amides is 2. The molecular weight excluding hydrogens is 486 g/mol. The lowest BCUT2D eigenvalue weighted by molar-refractivity contribution is -0.252. The van der Waals surface area contributed by atoms with E-state index in [9.17, 15) is 14.7 Å². The standard InChI is InChI=1S/C29H39N3O6/c1-3-16-32(2)19-25-17-26(23-12-10-22(20-33)11-13-23)38-29(37-25)24-14-8-21(9-15-24)18-30-27(34)6-4-5-7-28(35)31-36/h3,8-15,25-26,29,33,36H,1,4-7,16-20H2,2H3,(H,30,34)(H,31,35). The average molecular weight is 526 g/mol. The number of benzene rings is 2. The maximum absolute atomic E-state index is 12.1. The highest BCUT2D eigenvalue weighted by Crippen LogP contribution is 2.38. The minimum absolute atomic E-state index is 0.00265. The van der Waals surface area contributed by atoms with Crippen LogP contribution in [0.3, 0.4) is 0 Å². The van der Waals surface area contributed by atoms with E-state index in [-0.39, 0.29) is 31.1 Å². The molecule has 0 radical (unpaired) electrons. The van der Waals surface area contributed by atoms with Crippen LogP contribution in [0.25, 0.3) is 0 Å². The topological polar surface area (TPSA) is 120 Å². The maximum atomic E-state index is 12.1. The Morgan fingerprint density at radius 2 is 1.63 bits per heavy atom. The molecule has 1 saturated heterocycles. The zero-order chi connectivity index (χ0) is 27.3. The van der Waals surface area contributed by atoms with Crippen LogP contribution in [-0.2, 0) is 32.2 Å². The Hall–Kier alpha value is -3.08. The van der Waals surface area contributed by atoms with E-state index < -0.39 is 12.2 Å². The second-order valence-corrected chi connectivity index (χ2v) is 9.62. The highest BCUT2D eigenvalue weighted by Gasteiger charge is 2.32. The van der Waals surface area contributed by atoms with Gasteiger partial charge in [0.1, 0.15) is 0 Å². The molecule has 0 aromatic heterocycles. The predicted octanol–water partition coefficient (Wildman–Crippen LogP) is 3.52. The summed E-state index contributed by atoms with van der Waals surface area (Å²) in [6, 6.07) is 15.6. The van der Waals surface area contributed by atoms with Crippen molar-refractivity contribution in [2.75, 3.05) is 20.1 Å². The van der Waals surface area contributed by atoms with Gasteiger partial charge in [0.15, 0.2) is 6.29 Å². The first-order valence-electron chi connectivity index (χ1n) is 13.0. The third-order valence-corrected chi connectivity index (χ3v) is 6.49. The molecule has 1 aliphatic rings. The zero-order valence-corrected chi connectivity index (χ0v) is 22.0. The minimum atomic E-state index is -0.534. The number of hydroxylamine groups is 1. The van der Waals surface area contributed by atoms with E-state index in [2.05, 4.69) is 16.8 Å². The SMILES string of the molecule is C=CCN(C)CC1CC(c2ccc(CO)cc2)OC(c2ccc(CNC(=O)CCCCC(=O)NO)cc2)O1. The largest absolute Gasteiger partial charge is 0.392 e. The zero-order valence-electron chi connectivity index (χ0n) is 22.0. The third-order valence-electron chi connectivity index (χ3n) is 6.49. The van der Waals surface area contributed by atoms with Crippen LogP contribution in [0.5, 0.6) is 0 Å². The molecular formula is C29H39N3O6. The van der Waals surface area contributed by atoms with E-state index in [0.717, 1.165) is 35.3 Å². The maximum Gasteiger partial charge on any atom is 0.243 e. The van der Waals surface area contributed by atoms with Gasteiger partial charge in [0.05, 0.1) is 18.8 Å². The lowest BCUT2D eigenvalue weighted by Gasteiger charge is -2.37. The highest BCUT2D eigenvalue weighted by molar-refractivity contribution is 5.76. The van der Waals surface area contributed by atoms with Crippen molar-refractivity contribution < 1.29 is 29.4 Å². The summed E-state index contributed by atoms with van der Waals surface area (Å²) in [5.41, 5.74) is 5.34. The lowest BCUT2D eigenvalue weighted by atomic mass is 9.99. The monoisotopic (exact) mass is 525 g/mol. The summed E-state index contributed by atoms with van der Waals surface area (Å²) in [6.07, 6.45) is 3.48. The summed E-state index contributed by atoms with van der Waals surface area (Å²) in [5, 5.41) is 20.8. The van der Waals surface area contributed by atoms with Crippen molar-refractivity contribution in [3.63, 3.8) is 0 Å². The van der Waals surface area contributed by atoms with Crippen LogP contribution >= 0.6 is 0 Å². The number of hydrogen-bond donors (Lipinski definition) is 4. The van der Waals surface area contributed by atoms with Gasteiger partial charge in [-0.05, 0) is 36.6 Å². The molecule has 3 atom stereocenters. The fraction of sp³-hybridized carbons (Fsp3) is 0.448. The summed E-state index contributed by atoms with van der Waals surface area (Å²) in [4.78, 5) is 25.3.